The van der Waals surface area contributed by atoms with Crippen molar-refractivity contribution >= 4 is 18.2 Å². The van der Waals surface area contributed by atoms with Gasteiger partial charge in [-0.25, -0.2) is 4.79 Å². The molecule has 0 spiro atoms. The third-order valence-corrected chi connectivity index (χ3v) is 3.44. The summed E-state index contributed by atoms with van der Waals surface area (Å²) in [5.74, 6) is 1.92. The molecule has 3 N–H and O–H groups in total. The Kier molecular flexibility index (Phi) is 4.90. The molecule has 112 valence electrons. The van der Waals surface area contributed by atoms with Crippen molar-refractivity contribution in [3.63, 3.8) is 0 Å². The summed E-state index contributed by atoms with van der Waals surface area (Å²) in [7, 11) is 0. The van der Waals surface area contributed by atoms with Crippen molar-refractivity contribution in [2.24, 2.45) is 5.73 Å². The largest absolute Gasteiger partial charge is 0.462 e. The van der Waals surface area contributed by atoms with Gasteiger partial charge in [0.2, 0.25) is 0 Å². The van der Waals surface area contributed by atoms with Gasteiger partial charge in [0.15, 0.2) is 0 Å². The number of ether oxygens (including phenoxy) is 2. The lowest BCUT2D eigenvalue weighted by Crippen LogP contribution is -2.28. The maximum Gasteiger partial charge on any atom is 0.328 e. The molecule has 8 heteroatoms. The molecule has 1 aromatic heterocycles. The van der Waals surface area contributed by atoms with E-state index in [0.717, 1.165) is 0 Å². The van der Waals surface area contributed by atoms with Gasteiger partial charge in [0.1, 0.15) is 17.5 Å². The molecule has 21 heavy (non-hydrogen) atoms. The fourth-order valence-electron chi connectivity index (χ4n) is 2.06. The first-order chi connectivity index (χ1) is 10.0. The Morgan fingerprint density at radius 3 is 3.10 bits per heavy atom. The third-order valence-electron chi connectivity index (χ3n) is 3.12. The van der Waals surface area contributed by atoms with Crippen molar-refractivity contribution in [2.45, 2.75) is 25.2 Å². The second-order valence-corrected chi connectivity index (χ2v) is 4.94. The van der Waals surface area contributed by atoms with Crippen molar-refractivity contribution < 1.29 is 14.3 Å². The molecule has 7 nitrogen and oxygen atoms in total. The van der Waals surface area contributed by atoms with Gasteiger partial charge in [-0.1, -0.05) is 18.1 Å². The number of nitrogens with one attached hydrogen (secondary N) is 1. The highest BCUT2D eigenvalue weighted by molar-refractivity contribution is 7.71. The van der Waals surface area contributed by atoms with Crippen LogP contribution >= 0.6 is 12.2 Å². The van der Waals surface area contributed by atoms with E-state index in [-0.39, 0.29) is 29.6 Å². The second-order valence-electron chi connectivity index (χ2n) is 4.53. The van der Waals surface area contributed by atoms with Gasteiger partial charge in [0.05, 0.1) is 18.2 Å². The number of hydrogen-bond acceptors (Lipinski definition) is 6. The highest BCUT2D eigenvalue weighted by atomic mass is 32.1. The van der Waals surface area contributed by atoms with Crippen LogP contribution in [0.2, 0.25) is 0 Å². The van der Waals surface area contributed by atoms with Crippen LogP contribution in [-0.2, 0) is 14.3 Å². The summed E-state index contributed by atoms with van der Waals surface area (Å²) in [4.78, 5) is 25.4. The van der Waals surface area contributed by atoms with E-state index < -0.39 is 12.2 Å². The van der Waals surface area contributed by atoms with Crippen molar-refractivity contribution in [1.29, 1.82) is 0 Å². The Labute approximate surface area is 126 Å². The number of aromatic amines is 1. The van der Waals surface area contributed by atoms with E-state index in [0.29, 0.717) is 18.4 Å². The smallest absolute Gasteiger partial charge is 0.328 e. The van der Waals surface area contributed by atoms with Crippen LogP contribution in [0.5, 0.6) is 0 Å². The van der Waals surface area contributed by atoms with Crippen LogP contribution < -0.4 is 11.4 Å². The molecule has 0 aromatic carbocycles. The number of hydrogen-bond donors (Lipinski definition) is 2. The Morgan fingerprint density at radius 2 is 2.43 bits per heavy atom. The third kappa shape index (κ3) is 3.58. The quantitative estimate of drug-likeness (QED) is 0.464. The van der Waals surface area contributed by atoms with E-state index in [9.17, 15) is 9.59 Å². The molecule has 0 aliphatic carbocycles. The summed E-state index contributed by atoms with van der Waals surface area (Å²) in [6.07, 6.45) is 7.37. The normalized spacial score (nSPS) is 21.0. The molecular formula is C13H15N3O4S. The maximum atomic E-state index is 11.9. The minimum Gasteiger partial charge on any atom is -0.462 e. The zero-order valence-electron chi connectivity index (χ0n) is 11.2. The van der Waals surface area contributed by atoms with Gasteiger partial charge >= 0.3 is 11.7 Å². The maximum absolute atomic E-state index is 11.9. The van der Waals surface area contributed by atoms with Crippen LogP contribution in [-0.4, -0.2) is 34.8 Å². The number of esters is 1. The molecule has 0 amide bonds. The van der Waals surface area contributed by atoms with Crippen molar-refractivity contribution in [3.8, 4) is 12.3 Å². The number of nitrogens with zero attached hydrogens (tertiary/aromatic N) is 1. The number of carbonyl (C=O) groups is 1. The molecule has 1 aliphatic heterocycles. The minimum absolute atomic E-state index is 0.117. The number of terminal acetylenes is 1. The molecule has 0 bridgehead atoms. The van der Waals surface area contributed by atoms with Crippen molar-refractivity contribution in [1.82, 2.24) is 9.55 Å². The van der Waals surface area contributed by atoms with Gasteiger partial charge in [-0.15, -0.1) is 6.42 Å². The molecule has 1 saturated heterocycles. The van der Waals surface area contributed by atoms with Gasteiger partial charge in [0, 0.05) is 6.20 Å². The van der Waals surface area contributed by atoms with Gasteiger partial charge < -0.3 is 15.2 Å². The molecule has 1 aromatic rings. The number of carbonyl (C=O) groups excluding carboxylic acids is 1. The van der Waals surface area contributed by atoms with Crippen LogP contribution in [0.4, 0.5) is 0 Å². The van der Waals surface area contributed by atoms with E-state index in [1.54, 1.807) is 0 Å². The Morgan fingerprint density at radius 1 is 1.67 bits per heavy atom. The van der Waals surface area contributed by atoms with Crippen LogP contribution in [0.25, 0.3) is 0 Å². The fraction of sp³-hybridized carbons (Fsp3) is 0.462. The first-order valence-electron chi connectivity index (χ1n) is 6.38. The average molecular weight is 309 g/mol. The van der Waals surface area contributed by atoms with Gasteiger partial charge in [-0.3, -0.25) is 14.3 Å². The lowest BCUT2D eigenvalue weighted by molar-refractivity contribution is -0.146. The van der Waals surface area contributed by atoms with Crippen LogP contribution in [0.15, 0.2) is 11.0 Å². The highest BCUT2D eigenvalue weighted by Gasteiger charge is 2.28. The van der Waals surface area contributed by atoms with Gasteiger partial charge in [-0.05, 0) is 12.8 Å². The zero-order valence-corrected chi connectivity index (χ0v) is 12.0. The molecule has 0 radical (unpaired) electrons. The Balaban J connectivity index is 2.08. The number of rotatable bonds is 4. The predicted molar refractivity (Wildman–Crippen MR) is 77.0 cm³/mol. The molecule has 2 rings (SSSR count). The summed E-state index contributed by atoms with van der Waals surface area (Å²) >= 11 is 4.96. The standard InChI is InChI=1S/C13H15N3O4S/c1-2-8-6-16(13(18)15-12(8)21)10-4-3-9(20-10)7-19-11(17)5-14/h1,6,9-10H,3-5,7,14H2,(H,15,18,21). The van der Waals surface area contributed by atoms with Crippen molar-refractivity contribution in [2.75, 3.05) is 13.2 Å². The Hall–Kier alpha value is -1.95. The summed E-state index contributed by atoms with van der Waals surface area (Å²) in [6, 6.07) is 0. The zero-order chi connectivity index (χ0) is 15.4. The van der Waals surface area contributed by atoms with E-state index >= 15 is 0 Å². The minimum atomic E-state index is -0.488. The van der Waals surface area contributed by atoms with Gasteiger partial charge in [0.25, 0.3) is 0 Å². The van der Waals surface area contributed by atoms with Crippen LogP contribution in [0, 0.1) is 17.0 Å². The van der Waals surface area contributed by atoms with E-state index in [4.69, 9.17) is 33.8 Å². The SMILES string of the molecule is C#Cc1cn(C2CCC(COC(=O)CN)O2)c(=O)[nH]c1=S. The predicted octanol–water partition coefficient (Wildman–Crippen LogP) is 0.0667. The fourth-order valence-corrected chi connectivity index (χ4v) is 2.26. The van der Waals surface area contributed by atoms with E-state index in [1.165, 1.54) is 10.8 Å². The lowest BCUT2D eigenvalue weighted by Gasteiger charge is -2.16. The van der Waals surface area contributed by atoms with E-state index in [1.807, 2.05) is 0 Å². The van der Waals surface area contributed by atoms with Crippen LogP contribution in [0.1, 0.15) is 24.6 Å². The molecule has 2 unspecified atom stereocenters. The van der Waals surface area contributed by atoms with Crippen LogP contribution in [0.3, 0.4) is 0 Å². The lowest BCUT2D eigenvalue weighted by atomic mass is 10.2. The molecule has 2 heterocycles. The van der Waals surface area contributed by atoms with Gasteiger partial charge in [-0.2, -0.15) is 0 Å². The van der Waals surface area contributed by atoms with Crippen molar-refractivity contribution in [3.05, 3.63) is 26.9 Å². The molecular weight excluding hydrogens is 294 g/mol. The monoisotopic (exact) mass is 309 g/mol. The number of nitrogens with two attached hydrogens (primary N) is 1. The number of H-pyrrole nitrogens is 1. The summed E-state index contributed by atoms with van der Waals surface area (Å²) in [5.41, 5.74) is 5.18. The molecule has 0 saturated carbocycles. The molecule has 1 aliphatic rings. The Bertz CT molecular complexity index is 688. The summed E-state index contributed by atoms with van der Waals surface area (Å²) in [5, 5.41) is 0. The molecule has 2 atom stereocenters. The topological polar surface area (TPSA) is 99.3 Å². The highest BCUT2D eigenvalue weighted by Crippen LogP contribution is 2.27. The molecule has 1 fully saturated rings. The number of aromatic nitrogens is 2. The summed E-state index contributed by atoms with van der Waals surface area (Å²) in [6.45, 7) is -0.0531. The first-order valence-corrected chi connectivity index (χ1v) is 6.79. The first kappa shape index (κ1) is 15.4. The summed E-state index contributed by atoms with van der Waals surface area (Å²) < 4.78 is 12.2. The average Bonchev–Trinajstić information content (AvgIpc) is 2.93. The second kappa shape index (κ2) is 6.67. The van der Waals surface area contributed by atoms with E-state index in [2.05, 4.69) is 10.9 Å².